The minimum atomic E-state index is -0.424. The first-order valence-electron chi connectivity index (χ1n) is 10.0. The van der Waals surface area contributed by atoms with E-state index in [1.54, 1.807) is 42.3 Å². The van der Waals surface area contributed by atoms with Gasteiger partial charge >= 0.3 is 5.56 Å². The fraction of sp³-hybridized carbons (Fsp3) is 0.261. The van der Waals surface area contributed by atoms with Crippen molar-refractivity contribution in [3.63, 3.8) is 0 Å². The largest absolute Gasteiger partial charge is 0.497 e. The molecule has 1 saturated heterocycles. The molecule has 0 spiro atoms. The van der Waals surface area contributed by atoms with Crippen LogP contribution >= 0.6 is 0 Å². The molecule has 8 heteroatoms. The van der Waals surface area contributed by atoms with Crippen LogP contribution in [0.4, 0.5) is 0 Å². The molecule has 0 N–H and O–H groups in total. The zero-order valence-electron chi connectivity index (χ0n) is 17.3. The molecule has 2 aromatic carbocycles. The zero-order chi connectivity index (χ0) is 21.5. The van der Waals surface area contributed by atoms with E-state index in [2.05, 4.69) is 5.10 Å². The third-order valence-electron chi connectivity index (χ3n) is 5.50. The number of benzene rings is 2. The molecule has 31 heavy (non-hydrogen) atoms. The van der Waals surface area contributed by atoms with Crippen molar-refractivity contribution in [2.45, 2.75) is 6.92 Å². The van der Waals surface area contributed by atoms with Crippen LogP contribution in [0.15, 0.2) is 51.7 Å². The quantitative estimate of drug-likeness (QED) is 0.508. The molecule has 1 aliphatic rings. The number of carbonyl (C=O) groups excluding carboxylic acids is 1. The maximum absolute atomic E-state index is 13.5. The number of furan rings is 1. The number of ether oxygens (including phenoxy) is 2. The summed E-state index contributed by atoms with van der Waals surface area (Å²) in [6, 6.07) is 12.6. The summed E-state index contributed by atoms with van der Waals surface area (Å²) in [6.45, 7) is 3.83. The van der Waals surface area contributed by atoms with E-state index >= 15 is 0 Å². The summed E-state index contributed by atoms with van der Waals surface area (Å²) >= 11 is 0. The van der Waals surface area contributed by atoms with Gasteiger partial charge in [-0.3, -0.25) is 9.59 Å². The van der Waals surface area contributed by atoms with E-state index in [-0.39, 0.29) is 17.2 Å². The number of aromatic nitrogens is 2. The van der Waals surface area contributed by atoms with Gasteiger partial charge < -0.3 is 18.8 Å². The molecule has 1 fully saturated rings. The molecular weight excluding hydrogens is 398 g/mol. The van der Waals surface area contributed by atoms with Crippen LogP contribution in [0.3, 0.4) is 0 Å². The molecule has 4 aromatic rings. The fourth-order valence-electron chi connectivity index (χ4n) is 3.81. The Bertz CT molecular complexity index is 1350. The number of fused-ring (bicyclic) bond motifs is 3. The maximum atomic E-state index is 13.5. The number of hydrogen-bond acceptors (Lipinski definition) is 6. The van der Waals surface area contributed by atoms with Gasteiger partial charge in [-0.15, -0.1) is 0 Å². The van der Waals surface area contributed by atoms with Crippen molar-refractivity contribution in [3.05, 3.63) is 64.1 Å². The third kappa shape index (κ3) is 3.25. The molecule has 158 valence electrons. The smallest absolute Gasteiger partial charge is 0.315 e. The molecule has 0 saturated carbocycles. The van der Waals surface area contributed by atoms with Crippen LogP contribution in [0.25, 0.3) is 27.6 Å². The predicted octanol–water partition coefficient (Wildman–Crippen LogP) is 2.92. The van der Waals surface area contributed by atoms with E-state index in [9.17, 15) is 9.59 Å². The number of aryl methyl sites for hydroxylation is 1. The highest BCUT2D eigenvalue weighted by Gasteiger charge is 2.27. The predicted molar refractivity (Wildman–Crippen MR) is 115 cm³/mol. The third-order valence-corrected chi connectivity index (χ3v) is 5.50. The van der Waals surface area contributed by atoms with Crippen LogP contribution in [0, 0.1) is 6.92 Å². The zero-order valence-corrected chi connectivity index (χ0v) is 17.3. The molecule has 2 aromatic heterocycles. The van der Waals surface area contributed by atoms with Gasteiger partial charge in [-0.05, 0) is 31.2 Å². The van der Waals surface area contributed by atoms with E-state index in [0.717, 1.165) is 5.56 Å². The first-order chi connectivity index (χ1) is 15.1. The molecule has 1 aliphatic heterocycles. The molecule has 0 bridgehead atoms. The standard InChI is InChI=1S/C23H21N3O5/c1-14-3-5-15(6-4-14)26-23(28)21-19(17-8-7-16(29-2)13-18(17)31-21)20(24-26)22(27)25-9-11-30-12-10-25/h3-8,13H,9-12H2,1-2H3. The lowest BCUT2D eigenvalue weighted by atomic mass is 10.1. The molecule has 0 radical (unpaired) electrons. The molecule has 0 atom stereocenters. The van der Waals surface area contributed by atoms with Crippen molar-refractivity contribution in [1.29, 1.82) is 0 Å². The lowest BCUT2D eigenvalue weighted by Crippen LogP contribution is -2.41. The molecular formula is C23H21N3O5. The number of methoxy groups -OCH3 is 1. The SMILES string of the molecule is COc1ccc2c(c1)oc1c(=O)n(-c3ccc(C)cc3)nc(C(=O)N3CCOCC3)c12. The lowest BCUT2D eigenvalue weighted by Gasteiger charge is -2.26. The van der Waals surface area contributed by atoms with Crippen LogP contribution in [0.1, 0.15) is 16.1 Å². The van der Waals surface area contributed by atoms with Gasteiger partial charge in [0, 0.05) is 24.5 Å². The van der Waals surface area contributed by atoms with Gasteiger partial charge in [0.05, 0.1) is 31.4 Å². The number of nitrogens with zero attached hydrogens (tertiary/aromatic N) is 3. The first kappa shape index (κ1) is 19.3. The summed E-state index contributed by atoms with van der Waals surface area (Å²) in [5.41, 5.74) is 1.93. The summed E-state index contributed by atoms with van der Waals surface area (Å²) in [5.74, 6) is 0.340. The van der Waals surface area contributed by atoms with E-state index in [1.807, 2.05) is 19.1 Å². The average molecular weight is 419 g/mol. The van der Waals surface area contributed by atoms with E-state index < -0.39 is 5.56 Å². The highest BCUT2D eigenvalue weighted by molar-refractivity contribution is 6.15. The van der Waals surface area contributed by atoms with Crippen molar-refractivity contribution < 1.29 is 18.7 Å². The molecule has 0 unspecified atom stereocenters. The second-order valence-corrected chi connectivity index (χ2v) is 7.47. The minimum absolute atomic E-state index is 0.0930. The summed E-state index contributed by atoms with van der Waals surface area (Å²) in [6.07, 6.45) is 0. The minimum Gasteiger partial charge on any atom is -0.497 e. The monoisotopic (exact) mass is 419 g/mol. The Balaban J connectivity index is 1.80. The van der Waals surface area contributed by atoms with Gasteiger partial charge in [0.1, 0.15) is 11.3 Å². The van der Waals surface area contributed by atoms with Gasteiger partial charge in [0.25, 0.3) is 5.91 Å². The van der Waals surface area contributed by atoms with Gasteiger partial charge in [-0.1, -0.05) is 17.7 Å². The van der Waals surface area contributed by atoms with Crippen LogP contribution < -0.4 is 10.3 Å². The fourth-order valence-corrected chi connectivity index (χ4v) is 3.81. The van der Waals surface area contributed by atoms with Crippen molar-refractivity contribution in [3.8, 4) is 11.4 Å². The van der Waals surface area contributed by atoms with Crippen LogP contribution in [0.2, 0.25) is 0 Å². The Kier molecular flexibility index (Phi) is 4.71. The maximum Gasteiger partial charge on any atom is 0.315 e. The van der Waals surface area contributed by atoms with Crippen LogP contribution in [0.5, 0.6) is 5.75 Å². The van der Waals surface area contributed by atoms with E-state index in [1.165, 1.54) is 4.68 Å². The molecule has 8 nitrogen and oxygen atoms in total. The number of carbonyl (C=O) groups is 1. The molecule has 1 amide bonds. The average Bonchev–Trinajstić information content (AvgIpc) is 3.19. The van der Waals surface area contributed by atoms with E-state index in [0.29, 0.717) is 54.1 Å². The Hall–Kier alpha value is -3.65. The molecule has 5 rings (SSSR count). The van der Waals surface area contributed by atoms with Crippen molar-refractivity contribution in [2.24, 2.45) is 0 Å². The van der Waals surface area contributed by atoms with Gasteiger partial charge in [-0.25, -0.2) is 0 Å². The van der Waals surface area contributed by atoms with Crippen LogP contribution in [-0.4, -0.2) is 54.0 Å². The Morgan fingerprint density at radius 1 is 1.10 bits per heavy atom. The number of amides is 1. The lowest BCUT2D eigenvalue weighted by molar-refractivity contribution is 0.0299. The Morgan fingerprint density at radius 2 is 1.84 bits per heavy atom. The second kappa shape index (κ2) is 7.55. The molecule has 3 heterocycles. The van der Waals surface area contributed by atoms with E-state index in [4.69, 9.17) is 13.9 Å². The Morgan fingerprint density at radius 3 is 2.55 bits per heavy atom. The number of morpholine rings is 1. The van der Waals surface area contributed by atoms with Crippen molar-refractivity contribution >= 4 is 27.8 Å². The topological polar surface area (TPSA) is 86.8 Å². The number of hydrogen-bond donors (Lipinski definition) is 0. The van der Waals surface area contributed by atoms with Gasteiger partial charge in [0.2, 0.25) is 5.58 Å². The van der Waals surface area contributed by atoms with Gasteiger partial charge in [-0.2, -0.15) is 9.78 Å². The summed E-state index contributed by atoms with van der Waals surface area (Å²) in [7, 11) is 1.56. The van der Waals surface area contributed by atoms with Gasteiger partial charge in [0.15, 0.2) is 5.69 Å². The first-order valence-corrected chi connectivity index (χ1v) is 10.0. The van der Waals surface area contributed by atoms with Crippen molar-refractivity contribution in [1.82, 2.24) is 14.7 Å². The summed E-state index contributed by atoms with van der Waals surface area (Å²) < 4.78 is 17.8. The summed E-state index contributed by atoms with van der Waals surface area (Å²) in [5, 5.41) is 5.59. The number of rotatable bonds is 3. The van der Waals surface area contributed by atoms with Crippen molar-refractivity contribution in [2.75, 3.05) is 33.4 Å². The highest BCUT2D eigenvalue weighted by Crippen LogP contribution is 2.32. The summed E-state index contributed by atoms with van der Waals surface area (Å²) in [4.78, 5) is 28.5. The normalized spacial score (nSPS) is 14.3. The second-order valence-electron chi connectivity index (χ2n) is 7.47. The highest BCUT2D eigenvalue weighted by atomic mass is 16.5. The Labute approximate surface area is 177 Å². The molecule has 0 aliphatic carbocycles. The van der Waals surface area contributed by atoms with Crippen LogP contribution in [-0.2, 0) is 4.74 Å².